The topological polar surface area (TPSA) is 137 Å². The molecule has 0 aliphatic rings. The fraction of sp³-hybridized carbons (Fsp3) is 0.200. The van der Waals surface area contributed by atoms with Crippen LogP contribution in [-0.4, -0.2) is 43.8 Å². The van der Waals surface area contributed by atoms with Gasteiger partial charge in [0.1, 0.15) is 0 Å². The smallest absolute Gasteiger partial charge is 0.185 e. The van der Waals surface area contributed by atoms with E-state index in [0.717, 1.165) is 0 Å². The molecule has 0 aromatic carbocycles. The largest absolute Gasteiger partial charge is 0.223 e. The van der Waals surface area contributed by atoms with Gasteiger partial charge in [0.25, 0.3) is 0 Å². The summed E-state index contributed by atoms with van der Waals surface area (Å²) >= 11 is 0. The number of hydrogen-bond donors (Lipinski definition) is 0. The van der Waals surface area contributed by atoms with Crippen LogP contribution >= 0.6 is 0 Å². The van der Waals surface area contributed by atoms with Crippen LogP contribution in [0, 0.1) is 0 Å². The average Bonchev–Trinajstić information content (AvgIpc) is 2.37. The van der Waals surface area contributed by atoms with Crippen molar-refractivity contribution in [3.63, 3.8) is 0 Å². The fourth-order valence-corrected chi connectivity index (χ4v) is 5.85. The van der Waals surface area contributed by atoms with Crippen molar-refractivity contribution in [2.45, 2.75) is 0 Å². The third-order valence-electron chi connectivity index (χ3n) is 1.67. The number of sulfone groups is 4. The Kier molecular flexibility index (Phi) is 8.80. The Labute approximate surface area is 131 Å². The minimum atomic E-state index is -3.68. The lowest BCUT2D eigenvalue weighted by Gasteiger charge is -1.94. The molecule has 22 heavy (non-hydrogen) atoms. The van der Waals surface area contributed by atoms with Crippen LogP contribution in [0.3, 0.4) is 0 Å². The molecule has 12 heteroatoms. The van der Waals surface area contributed by atoms with Crippen molar-refractivity contribution in [3.05, 3.63) is 47.9 Å². The molecule has 0 aliphatic carbocycles. The second-order valence-corrected chi connectivity index (χ2v) is 12.1. The average molecular weight is 392 g/mol. The molecule has 128 valence electrons. The van der Waals surface area contributed by atoms with E-state index in [1.807, 2.05) is 0 Å². The van der Waals surface area contributed by atoms with Gasteiger partial charge in [0, 0.05) is 21.6 Å². The number of hydrogen-bond acceptors (Lipinski definition) is 8. The zero-order chi connectivity index (χ0) is 18.2. The van der Waals surface area contributed by atoms with Gasteiger partial charge in [-0.1, -0.05) is 26.3 Å². The van der Waals surface area contributed by atoms with Crippen LogP contribution in [0.5, 0.6) is 0 Å². The fourth-order valence-electron chi connectivity index (χ4n) is 0.650. The summed E-state index contributed by atoms with van der Waals surface area (Å²) < 4.78 is 85.0. The van der Waals surface area contributed by atoms with Gasteiger partial charge in [-0.25, -0.2) is 33.7 Å². The predicted molar refractivity (Wildman–Crippen MR) is 86.2 cm³/mol. The highest BCUT2D eigenvalue weighted by atomic mass is 32.3. The Morgan fingerprint density at radius 3 is 0.682 bits per heavy atom. The molecule has 0 amide bonds. The first kappa shape index (κ1) is 23.0. The molecule has 0 unspecified atom stereocenters. The van der Waals surface area contributed by atoms with Crippen LogP contribution < -0.4 is 0 Å². The van der Waals surface area contributed by atoms with Gasteiger partial charge in [-0.2, -0.15) is 0 Å². The third kappa shape index (κ3) is 11.4. The molecule has 0 spiro atoms. The van der Waals surface area contributed by atoms with Gasteiger partial charge in [0.2, 0.25) is 0 Å². The van der Waals surface area contributed by atoms with Crippen LogP contribution in [0.1, 0.15) is 0 Å². The van der Waals surface area contributed by atoms with Gasteiger partial charge >= 0.3 is 0 Å². The van der Waals surface area contributed by atoms with Crippen molar-refractivity contribution in [2.24, 2.45) is 0 Å². The molecule has 0 atom stereocenters. The van der Waals surface area contributed by atoms with E-state index >= 15 is 0 Å². The second-order valence-electron chi connectivity index (χ2n) is 3.55. The van der Waals surface area contributed by atoms with Crippen molar-refractivity contribution in [3.8, 4) is 0 Å². The van der Waals surface area contributed by atoms with E-state index in [1.165, 1.54) is 0 Å². The van der Waals surface area contributed by atoms with E-state index in [0.29, 0.717) is 21.6 Å². The molecule has 0 aromatic rings. The Balaban J connectivity index is 0. The molecule has 0 bridgehead atoms. The second kappa shape index (κ2) is 8.41. The molecule has 0 radical (unpaired) electrons. The van der Waals surface area contributed by atoms with Gasteiger partial charge < -0.3 is 0 Å². The summed E-state index contributed by atoms with van der Waals surface area (Å²) in [5.41, 5.74) is 0. The molecule has 0 saturated heterocycles. The van der Waals surface area contributed by atoms with Crippen molar-refractivity contribution in [1.29, 1.82) is 0 Å². The maximum absolute atomic E-state index is 10.6. The monoisotopic (exact) mass is 392 g/mol. The van der Waals surface area contributed by atoms with Crippen LogP contribution in [0.25, 0.3) is 0 Å². The highest BCUT2D eigenvalue weighted by molar-refractivity contribution is 8.11. The van der Waals surface area contributed by atoms with Crippen LogP contribution in [0.4, 0.5) is 0 Å². The molecule has 8 nitrogen and oxygen atoms in total. The zero-order valence-electron chi connectivity index (χ0n) is 11.5. The molecule has 0 aromatic heterocycles. The highest BCUT2D eigenvalue weighted by Gasteiger charge is 2.16. The van der Waals surface area contributed by atoms with E-state index in [4.69, 9.17) is 0 Å². The molecular formula is C10H16O8S4. The summed E-state index contributed by atoms with van der Waals surface area (Å²) in [4.78, 5) is 0. The maximum atomic E-state index is 10.6. The SMILES string of the molecule is C=CS(=O)(=O)CS(=O)(=O)C=C.C=CS(=O)(=O)CS(=O)(=O)C=C. The van der Waals surface area contributed by atoms with Crippen LogP contribution in [0.2, 0.25) is 0 Å². The summed E-state index contributed by atoms with van der Waals surface area (Å²) in [5, 5.41) is 0.518. The molecule has 0 saturated carbocycles. The lowest BCUT2D eigenvalue weighted by atomic mass is 11.3. The summed E-state index contributed by atoms with van der Waals surface area (Å²) in [5.74, 6) is 0. The molecule has 0 fully saturated rings. The first-order valence-electron chi connectivity index (χ1n) is 5.06. The van der Waals surface area contributed by atoms with E-state index in [-0.39, 0.29) is 0 Å². The van der Waals surface area contributed by atoms with Crippen molar-refractivity contribution in [1.82, 2.24) is 0 Å². The van der Waals surface area contributed by atoms with Gasteiger partial charge in [-0.15, -0.1) is 0 Å². The quantitative estimate of drug-likeness (QED) is 0.568. The zero-order valence-corrected chi connectivity index (χ0v) is 14.7. The lowest BCUT2D eigenvalue weighted by molar-refractivity contribution is 0.594. The number of rotatable bonds is 8. The maximum Gasteiger partial charge on any atom is 0.185 e. The lowest BCUT2D eigenvalue weighted by Crippen LogP contribution is -2.11. The molecule has 0 N–H and O–H groups in total. The first-order chi connectivity index (χ1) is 9.66. The molecular weight excluding hydrogens is 376 g/mol. The standard InChI is InChI=1S/2C5H8O4S2/c2*1-3-10(6,7)5-11(8,9)4-2/h2*3-4H,1-2,5H2. The van der Waals surface area contributed by atoms with E-state index in [2.05, 4.69) is 26.3 Å². The Bertz CT molecular complexity index is 694. The Morgan fingerprint density at radius 1 is 0.455 bits per heavy atom. The van der Waals surface area contributed by atoms with E-state index < -0.39 is 49.5 Å². The van der Waals surface area contributed by atoms with Crippen molar-refractivity contribution >= 4 is 39.3 Å². The van der Waals surface area contributed by atoms with Gasteiger partial charge in [0.15, 0.2) is 49.5 Å². The molecule has 0 rings (SSSR count). The third-order valence-corrected chi connectivity index (χ3v) is 8.96. The molecule has 0 heterocycles. The van der Waals surface area contributed by atoms with E-state index in [1.54, 1.807) is 0 Å². The van der Waals surface area contributed by atoms with Gasteiger partial charge in [-0.3, -0.25) is 0 Å². The van der Waals surface area contributed by atoms with Crippen LogP contribution in [0.15, 0.2) is 47.9 Å². The summed E-state index contributed by atoms with van der Waals surface area (Å²) in [6, 6.07) is 0. The van der Waals surface area contributed by atoms with E-state index in [9.17, 15) is 33.7 Å². The normalized spacial score (nSPS) is 12.4. The predicted octanol–water partition coefficient (Wildman–Crippen LogP) is 0.121. The summed E-state index contributed by atoms with van der Waals surface area (Å²) in [6.07, 6.45) is 0. The van der Waals surface area contributed by atoms with Crippen molar-refractivity contribution < 1.29 is 33.7 Å². The van der Waals surface area contributed by atoms with Gasteiger partial charge in [0.05, 0.1) is 0 Å². The minimum Gasteiger partial charge on any atom is -0.223 e. The highest BCUT2D eigenvalue weighted by Crippen LogP contribution is 2.00. The van der Waals surface area contributed by atoms with Crippen molar-refractivity contribution in [2.75, 3.05) is 10.2 Å². The Morgan fingerprint density at radius 2 is 0.591 bits per heavy atom. The Hall–Kier alpha value is -1.24. The summed E-state index contributed by atoms with van der Waals surface area (Å²) in [7, 11) is -14.7. The van der Waals surface area contributed by atoms with Gasteiger partial charge in [-0.05, 0) is 0 Å². The first-order valence-corrected chi connectivity index (χ1v) is 11.9. The minimum absolute atomic E-state index is 0.605. The summed E-state index contributed by atoms with van der Waals surface area (Å²) in [6.45, 7) is 11.9. The van der Waals surface area contributed by atoms with Crippen LogP contribution in [-0.2, 0) is 39.3 Å². The molecule has 0 aliphatic heterocycles.